The molecule has 2 fully saturated rings. The Morgan fingerprint density at radius 3 is 1.91 bits per heavy atom. The molecular formula is C40H50N8O6. The van der Waals surface area contributed by atoms with Crippen LogP contribution in [0.2, 0.25) is 0 Å². The Labute approximate surface area is 315 Å². The molecule has 2 aromatic heterocycles. The molecule has 5 amide bonds. The lowest BCUT2D eigenvalue weighted by molar-refractivity contribution is -0.135. The number of rotatable bonds is 9. The number of ether oxygens (including phenoxy) is 2. The molecule has 2 aliphatic heterocycles. The molecule has 4 aromatic rings. The van der Waals surface area contributed by atoms with Crippen molar-refractivity contribution in [2.45, 2.75) is 77.5 Å². The summed E-state index contributed by atoms with van der Waals surface area (Å²) in [4.78, 5) is 66.1. The van der Waals surface area contributed by atoms with Crippen LogP contribution in [0.15, 0.2) is 66.9 Å². The number of imidazole rings is 1. The van der Waals surface area contributed by atoms with Gasteiger partial charge in [0.1, 0.15) is 11.9 Å². The number of hydrogen-bond acceptors (Lipinski definition) is 7. The van der Waals surface area contributed by atoms with Gasteiger partial charge in [-0.1, -0.05) is 62.4 Å². The number of hydrazine groups is 1. The van der Waals surface area contributed by atoms with E-state index in [9.17, 15) is 19.2 Å². The Morgan fingerprint density at radius 1 is 0.741 bits per heavy atom. The van der Waals surface area contributed by atoms with Crippen molar-refractivity contribution in [3.63, 3.8) is 0 Å². The summed E-state index contributed by atoms with van der Waals surface area (Å²) >= 11 is 0. The van der Waals surface area contributed by atoms with Gasteiger partial charge in [-0.2, -0.15) is 0 Å². The number of urea groups is 1. The molecule has 2 saturated heterocycles. The molecule has 54 heavy (non-hydrogen) atoms. The number of nitrogens with zero attached hydrogens (tertiary/aromatic N) is 4. The molecule has 0 aliphatic carbocycles. The average molecular weight is 739 g/mol. The first kappa shape index (κ1) is 38.0. The van der Waals surface area contributed by atoms with Gasteiger partial charge in [0.15, 0.2) is 0 Å². The van der Waals surface area contributed by atoms with Crippen molar-refractivity contribution in [3.05, 3.63) is 78.4 Å². The van der Waals surface area contributed by atoms with Crippen LogP contribution in [0.1, 0.15) is 77.0 Å². The number of aromatic nitrogens is 3. The van der Waals surface area contributed by atoms with Gasteiger partial charge in [0, 0.05) is 30.5 Å². The second-order valence-corrected chi connectivity index (χ2v) is 14.4. The lowest BCUT2D eigenvalue weighted by Gasteiger charge is -2.33. The molecule has 14 nitrogen and oxygen atoms in total. The number of H-pyrrole nitrogens is 2. The van der Waals surface area contributed by atoms with Gasteiger partial charge in [-0.3, -0.25) is 4.79 Å². The average Bonchev–Trinajstić information content (AvgIpc) is 4.02. The van der Waals surface area contributed by atoms with Gasteiger partial charge < -0.3 is 34.6 Å². The Balaban J connectivity index is 1.11. The zero-order valence-electron chi connectivity index (χ0n) is 31.7. The summed E-state index contributed by atoms with van der Waals surface area (Å²) in [5.74, 6) is 0.484. The van der Waals surface area contributed by atoms with E-state index in [2.05, 4.69) is 74.2 Å². The summed E-state index contributed by atoms with van der Waals surface area (Å²) < 4.78 is 9.47. The molecule has 1 unspecified atom stereocenters. The largest absolute Gasteiger partial charge is 0.453 e. The number of alkyl carbamates (subject to hydrolysis) is 1. The van der Waals surface area contributed by atoms with Gasteiger partial charge in [-0.25, -0.2) is 29.8 Å². The van der Waals surface area contributed by atoms with Gasteiger partial charge in [-0.05, 0) is 79.8 Å². The zero-order chi connectivity index (χ0) is 38.5. The van der Waals surface area contributed by atoms with Crippen molar-refractivity contribution in [3.8, 4) is 33.6 Å². The van der Waals surface area contributed by atoms with Crippen LogP contribution in [0.4, 0.5) is 14.4 Å². The summed E-state index contributed by atoms with van der Waals surface area (Å²) in [6, 6.07) is 19.1. The third-order valence-corrected chi connectivity index (χ3v) is 10.2. The number of carbonyl (C=O) groups excluding carboxylic acids is 4. The van der Waals surface area contributed by atoms with Crippen LogP contribution < -0.4 is 10.7 Å². The highest BCUT2D eigenvalue weighted by molar-refractivity contribution is 5.86. The summed E-state index contributed by atoms with van der Waals surface area (Å²) in [7, 11) is 2.56. The summed E-state index contributed by atoms with van der Waals surface area (Å²) in [5, 5.41) is 4.01. The minimum atomic E-state index is -0.685. The van der Waals surface area contributed by atoms with E-state index in [4.69, 9.17) is 9.47 Å². The molecule has 2 aliphatic rings. The maximum absolute atomic E-state index is 13.5. The van der Waals surface area contributed by atoms with E-state index in [1.165, 1.54) is 19.2 Å². The molecule has 0 saturated carbocycles. The van der Waals surface area contributed by atoms with Crippen LogP contribution in [-0.2, 0) is 14.3 Å². The maximum atomic E-state index is 13.5. The number of aromatic amines is 2. The maximum Gasteiger partial charge on any atom is 0.425 e. The van der Waals surface area contributed by atoms with Gasteiger partial charge in [0.25, 0.3) is 0 Å². The van der Waals surface area contributed by atoms with Crippen molar-refractivity contribution < 1.29 is 28.7 Å². The van der Waals surface area contributed by atoms with Crippen LogP contribution in [0.5, 0.6) is 0 Å². The first-order valence-electron chi connectivity index (χ1n) is 18.5. The fraction of sp³-hybridized carbons (Fsp3) is 0.425. The number of likely N-dealkylation sites (tertiary alicyclic amines) is 2. The second-order valence-electron chi connectivity index (χ2n) is 14.4. The van der Waals surface area contributed by atoms with Gasteiger partial charge in [0.2, 0.25) is 5.91 Å². The van der Waals surface area contributed by atoms with Crippen LogP contribution in [-0.4, -0.2) is 93.3 Å². The highest BCUT2D eigenvalue weighted by atomic mass is 16.5. The highest BCUT2D eigenvalue weighted by Gasteiger charge is 2.38. The fourth-order valence-corrected chi connectivity index (χ4v) is 7.30. The number of hydrogen-bond donors (Lipinski definition) is 4. The summed E-state index contributed by atoms with van der Waals surface area (Å²) in [5.41, 5.74) is 9.45. The molecule has 6 rings (SSSR count). The molecule has 0 spiro atoms. The van der Waals surface area contributed by atoms with Crippen molar-refractivity contribution in [2.24, 2.45) is 5.92 Å². The SMILES string of the molecule is COC(=O)NC(C(=O)N1CCC[C@H]1c1ncc(-c2ccc(-c3ccc(-c4ccc([C@@H]5CCCN5C(=O)N(NC(=O)OC)C(C)C)[nH]4)cc3)cc2)[nH]1)C(C)C. The van der Waals surface area contributed by atoms with Crippen molar-refractivity contribution in [2.75, 3.05) is 27.3 Å². The normalized spacial score (nSPS) is 17.5. The molecule has 4 N–H and O–H groups in total. The lowest BCUT2D eigenvalue weighted by Crippen LogP contribution is -2.54. The Hall–Kier alpha value is -5.79. The quantitative estimate of drug-likeness (QED) is 0.134. The van der Waals surface area contributed by atoms with Gasteiger partial charge >= 0.3 is 18.2 Å². The summed E-state index contributed by atoms with van der Waals surface area (Å²) in [6.45, 7) is 8.67. The third kappa shape index (κ3) is 8.07. The number of amides is 5. The van der Waals surface area contributed by atoms with Gasteiger partial charge in [0.05, 0.1) is 38.2 Å². The number of benzene rings is 2. The molecule has 2 aromatic carbocycles. The molecular weight excluding hydrogens is 688 g/mol. The van der Waals surface area contributed by atoms with E-state index in [1.54, 1.807) is 11.1 Å². The third-order valence-electron chi connectivity index (χ3n) is 10.2. The fourth-order valence-electron chi connectivity index (χ4n) is 7.30. The van der Waals surface area contributed by atoms with Crippen LogP contribution in [0, 0.1) is 5.92 Å². The van der Waals surface area contributed by atoms with Gasteiger partial charge in [-0.15, -0.1) is 0 Å². The molecule has 3 atom stereocenters. The van der Waals surface area contributed by atoms with Crippen LogP contribution in [0.3, 0.4) is 0 Å². The van der Waals surface area contributed by atoms with Crippen molar-refractivity contribution >= 4 is 24.1 Å². The standard InChI is InChI=1S/C40H50N8O6/c1-24(2)35(44-38(50)53-5)37(49)46-21-8-10-34(46)36-41-23-32(43-36)29-17-13-27(14-18-29)26-11-15-28(16-12-26)30-19-20-31(42-30)33-9-7-22-47(33)40(52)48(25(3)4)45-39(51)54-6/h11-20,23-25,33-35,42H,7-10,21-22H2,1-6H3,(H,41,43)(H,44,50)(H,45,51)/t33-,34-,35?/m0/s1. The minimum Gasteiger partial charge on any atom is -0.453 e. The lowest BCUT2D eigenvalue weighted by atomic mass is 10.0. The molecule has 0 radical (unpaired) electrons. The minimum absolute atomic E-state index is 0.103. The van der Waals surface area contributed by atoms with E-state index in [0.717, 1.165) is 70.8 Å². The van der Waals surface area contributed by atoms with E-state index < -0.39 is 18.2 Å². The van der Waals surface area contributed by atoms with Crippen LogP contribution >= 0.6 is 0 Å². The predicted molar refractivity (Wildman–Crippen MR) is 204 cm³/mol. The topological polar surface area (TPSA) is 165 Å². The predicted octanol–water partition coefficient (Wildman–Crippen LogP) is 7.02. The first-order valence-corrected chi connectivity index (χ1v) is 18.5. The van der Waals surface area contributed by atoms with E-state index in [-0.39, 0.29) is 36.0 Å². The van der Waals surface area contributed by atoms with Crippen molar-refractivity contribution in [1.29, 1.82) is 0 Å². The Bertz CT molecular complexity index is 1800. The van der Waals surface area contributed by atoms with E-state index in [1.807, 2.05) is 44.7 Å². The second kappa shape index (κ2) is 16.5. The number of methoxy groups -OCH3 is 2. The summed E-state index contributed by atoms with van der Waals surface area (Å²) in [6.07, 6.45) is 3.81. The number of nitrogens with one attached hydrogen (secondary N) is 4. The molecule has 4 heterocycles. The van der Waals surface area contributed by atoms with E-state index >= 15 is 0 Å². The Kier molecular flexibility index (Phi) is 11.6. The smallest absolute Gasteiger partial charge is 0.425 e. The monoisotopic (exact) mass is 738 g/mol. The Morgan fingerprint density at radius 2 is 1.31 bits per heavy atom. The first-order chi connectivity index (χ1) is 26.0. The molecule has 286 valence electrons. The molecule has 14 heteroatoms. The zero-order valence-corrected chi connectivity index (χ0v) is 31.7. The number of carbonyl (C=O) groups is 4. The highest BCUT2D eigenvalue weighted by Crippen LogP contribution is 2.36. The van der Waals surface area contributed by atoms with Crippen molar-refractivity contribution in [1.82, 2.24) is 40.5 Å². The molecule has 0 bridgehead atoms. The van der Waals surface area contributed by atoms with Crippen LogP contribution in [0.25, 0.3) is 33.6 Å². The van der Waals surface area contributed by atoms with E-state index in [0.29, 0.717) is 13.1 Å².